The van der Waals surface area contributed by atoms with Gasteiger partial charge in [0.15, 0.2) is 0 Å². The number of phenolic OH excluding ortho intramolecular Hbond substituents is 1. The van der Waals surface area contributed by atoms with Crippen molar-refractivity contribution in [1.29, 1.82) is 0 Å². The Morgan fingerprint density at radius 1 is 1.24 bits per heavy atom. The molecule has 2 aromatic rings. The van der Waals surface area contributed by atoms with E-state index in [4.69, 9.17) is 4.74 Å². The van der Waals surface area contributed by atoms with Crippen LogP contribution in [0.25, 0.3) is 0 Å². The van der Waals surface area contributed by atoms with E-state index in [0.717, 1.165) is 29.7 Å². The Kier molecular flexibility index (Phi) is 3.32. The summed E-state index contributed by atoms with van der Waals surface area (Å²) < 4.78 is 8.42. The number of rotatable bonds is 0. The molecule has 2 unspecified atom stereocenters. The van der Waals surface area contributed by atoms with Gasteiger partial charge in [-0.25, -0.2) is 0 Å². The SMILES string of the molecule is Cn1ncc2c1CC1c3c(O)cc(C(C)(C)C)cc3OC(C)(C)C1C2. The normalized spacial score (nSPS) is 24.1. The van der Waals surface area contributed by atoms with Gasteiger partial charge in [-0.05, 0) is 55.4 Å². The average Bonchev–Trinajstić information content (AvgIpc) is 2.85. The molecule has 4 rings (SSSR count). The Bertz CT molecular complexity index is 842. The smallest absolute Gasteiger partial charge is 0.127 e. The molecule has 0 radical (unpaired) electrons. The van der Waals surface area contributed by atoms with Gasteiger partial charge in [-0.1, -0.05) is 20.8 Å². The molecule has 1 aliphatic heterocycles. The highest BCUT2D eigenvalue weighted by Crippen LogP contribution is 2.54. The zero-order valence-corrected chi connectivity index (χ0v) is 16.1. The number of nitrogens with zero attached hydrogens (tertiary/aromatic N) is 2. The number of aryl methyl sites for hydroxylation is 1. The molecule has 0 saturated carbocycles. The number of hydrogen-bond donors (Lipinski definition) is 1. The summed E-state index contributed by atoms with van der Waals surface area (Å²) in [4.78, 5) is 0. The minimum atomic E-state index is -0.270. The third-order valence-electron chi connectivity index (χ3n) is 6.11. The van der Waals surface area contributed by atoms with Gasteiger partial charge in [0.05, 0.1) is 6.20 Å². The molecule has 1 aliphatic carbocycles. The lowest BCUT2D eigenvalue weighted by molar-refractivity contribution is 0.00514. The Morgan fingerprint density at radius 3 is 2.64 bits per heavy atom. The van der Waals surface area contributed by atoms with E-state index in [1.165, 1.54) is 11.3 Å². The molecule has 2 atom stereocenters. The van der Waals surface area contributed by atoms with Crippen LogP contribution in [0.1, 0.15) is 62.9 Å². The summed E-state index contributed by atoms with van der Waals surface area (Å²) in [6.07, 6.45) is 3.83. The number of hydrogen-bond acceptors (Lipinski definition) is 3. The van der Waals surface area contributed by atoms with Gasteiger partial charge in [-0.2, -0.15) is 5.10 Å². The highest BCUT2D eigenvalue weighted by atomic mass is 16.5. The molecule has 1 aromatic heterocycles. The number of fused-ring (bicyclic) bond motifs is 4. The number of aromatic hydroxyl groups is 1. The first-order valence-corrected chi connectivity index (χ1v) is 9.14. The van der Waals surface area contributed by atoms with Gasteiger partial charge in [0.1, 0.15) is 17.1 Å². The molecule has 0 amide bonds. The van der Waals surface area contributed by atoms with Crippen molar-refractivity contribution in [2.24, 2.45) is 13.0 Å². The first-order valence-electron chi connectivity index (χ1n) is 9.14. The van der Waals surface area contributed by atoms with Gasteiger partial charge >= 0.3 is 0 Å². The van der Waals surface area contributed by atoms with Crippen LogP contribution in [-0.2, 0) is 25.3 Å². The van der Waals surface area contributed by atoms with Gasteiger partial charge in [0, 0.05) is 30.1 Å². The fourth-order valence-corrected chi connectivity index (χ4v) is 4.57. The Hall–Kier alpha value is -1.97. The van der Waals surface area contributed by atoms with Gasteiger partial charge in [-0.3, -0.25) is 4.68 Å². The largest absolute Gasteiger partial charge is 0.508 e. The second kappa shape index (κ2) is 5.03. The first-order chi connectivity index (χ1) is 11.6. The van der Waals surface area contributed by atoms with Crippen LogP contribution in [0.15, 0.2) is 18.3 Å². The Morgan fingerprint density at radius 2 is 1.96 bits per heavy atom. The van der Waals surface area contributed by atoms with E-state index in [1.54, 1.807) is 0 Å². The summed E-state index contributed by atoms with van der Waals surface area (Å²) in [5, 5.41) is 15.3. The summed E-state index contributed by atoms with van der Waals surface area (Å²) >= 11 is 0. The summed E-state index contributed by atoms with van der Waals surface area (Å²) in [5.74, 6) is 1.82. The molecule has 25 heavy (non-hydrogen) atoms. The van der Waals surface area contributed by atoms with Gasteiger partial charge in [-0.15, -0.1) is 0 Å². The molecule has 4 nitrogen and oxygen atoms in total. The topological polar surface area (TPSA) is 47.3 Å². The van der Waals surface area contributed by atoms with E-state index in [-0.39, 0.29) is 16.9 Å². The summed E-state index contributed by atoms with van der Waals surface area (Å²) in [6.45, 7) is 10.8. The number of aromatic nitrogens is 2. The second-order valence-corrected chi connectivity index (χ2v) is 9.22. The first kappa shape index (κ1) is 16.5. The number of benzene rings is 1. The van der Waals surface area contributed by atoms with Crippen LogP contribution in [0.2, 0.25) is 0 Å². The third kappa shape index (κ3) is 2.45. The van der Waals surface area contributed by atoms with E-state index in [9.17, 15) is 5.11 Å². The maximum absolute atomic E-state index is 10.9. The standard InChI is InChI=1S/C21H28N2O2/c1-20(2,3)13-8-17(24)19-14-10-16-12(11-22-23(16)6)7-15(14)21(4,5)25-18(19)9-13/h8-9,11,14-15,24H,7,10H2,1-6H3. The van der Waals surface area contributed by atoms with E-state index >= 15 is 0 Å². The fraction of sp³-hybridized carbons (Fsp3) is 0.571. The minimum absolute atomic E-state index is 0.0291. The van der Waals surface area contributed by atoms with Crippen molar-refractivity contribution in [3.63, 3.8) is 0 Å². The van der Waals surface area contributed by atoms with E-state index in [1.807, 2.05) is 24.0 Å². The molecule has 0 spiro atoms. The molecule has 134 valence electrons. The minimum Gasteiger partial charge on any atom is -0.508 e. The Balaban J connectivity index is 1.88. The van der Waals surface area contributed by atoms with Crippen LogP contribution in [0.3, 0.4) is 0 Å². The average molecular weight is 340 g/mol. The van der Waals surface area contributed by atoms with E-state index in [0.29, 0.717) is 11.7 Å². The molecule has 2 aliphatic rings. The number of phenols is 1. The van der Waals surface area contributed by atoms with Gasteiger partial charge in [0.25, 0.3) is 0 Å². The molecule has 2 heterocycles. The number of ether oxygens (including phenoxy) is 1. The summed E-state index contributed by atoms with van der Waals surface area (Å²) in [5.41, 5.74) is 4.38. The third-order valence-corrected chi connectivity index (χ3v) is 6.11. The van der Waals surface area contributed by atoms with Crippen LogP contribution < -0.4 is 4.74 Å². The maximum atomic E-state index is 10.9. The van der Waals surface area contributed by atoms with Crippen LogP contribution in [0.4, 0.5) is 0 Å². The van der Waals surface area contributed by atoms with Crippen LogP contribution in [0.5, 0.6) is 11.5 Å². The molecule has 0 fully saturated rings. The lowest BCUT2D eigenvalue weighted by Crippen LogP contribution is -2.48. The monoisotopic (exact) mass is 340 g/mol. The van der Waals surface area contributed by atoms with Gasteiger partial charge in [0.2, 0.25) is 0 Å². The summed E-state index contributed by atoms with van der Waals surface area (Å²) in [6, 6.07) is 4.06. The van der Waals surface area contributed by atoms with Crippen LogP contribution in [0, 0.1) is 5.92 Å². The maximum Gasteiger partial charge on any atom is 0.127 e. The molecular weight excluding hydrogens is 312 g/mol. The summed E-state index contributed by atoms with van der Waals surface area (Å²) in [7, 11) is 2.01. The van der Waals surface area contributed by atoms with Crippen molar-refractivity contribution < 1.29 is 9.84 Å². The molecule has 0 bridgehead atoms. The zero-order valence-electron chi connectivity index (χ0n) is 16.1. The predicted molar refractivity (Wildman–Crippen MR) is 98.4 cm³/mol. The second-order valence-electron chi connectivity index (χ2n) is 9.22. The lowest BCUT2D eigenvalue weighted by Gasteiger charge is -2.47. The quantitative estimate of drug-likeness (QED) is 0.786. The van der Waals surface area contributed by atoms with E-state index < -0.39 is 0 Å². The lowest BCUT2D eigenvalue weighted by atomic mass is 9.66. The predicted octanol–water partition coefficient (Wildman–Crippen LogP) is 4.09. The highest BCUT2D eigenvalue weighted by Gasteiger charge is 2.48. The molecule has 0 saturated heterocycles. The molecular formula is C21H28N2O2. The van der Waals surface area contributed by atoms with Crippen LogP contribution in [-0.4, -0.2) is 20.5 Å². The van der Waals surface area contributed by atoms with Crippen LogP contribution >= 0.6 is 0 Å². The zero-order chi connectivity index (χ0) is 18.1. The Labute approximate surface area is 149 Å². The van der Waals surface area contributed by atoms with Crippen molar-refractivity contribution in [2.45, 2.75) is 64.4 Å². The van der Waals surface area contributed by atoms with Crippen molar-refractivity contribution in [1.82, 2.24) is 9.78 Å². The molecule has 4 heteroatoms. The molecule has 1 aromatic carbocycles. The van der Waals surface area contributed by atoms with Crippen molar-refractivity contribution in [3.05, 3.63) is 40.7 Å². The van der Waals surface area contributed by atoms with Crippen molar-refractivity contribution in [3.8, 4) is 11.5 Å². The van der Waals surface area contributed by atoms with Gasteiger partial charge < -0.3 is 9.84 Å². The fourth-order valence-electron chi connectivity index (χ4n) is 4.57. The highest BCUT2D eigenvalue weighted by molar-refractivity contribution is 5.54. The van der Waals surface area contributed by atoms with Crippen molar-refractivity contribution in [2.75, 3.05) is 0 Å². The van der Waals surface area contributed by atoms with Crippen molar-refractivity contribution >= 4 is 0 Å². The molecule has 1 N–H and O–H groups in total. The van der Waals surface area contributed by atoms with E-state index in [2.05, 4.69) is 45.8 Å².